The van der Waals surface area contributed by atoms with Gasteiger partial charge in [-0.05, 0) is 48.2 Å². The topological polar surface area (TPSA) is 148 Å². The molecule has 0 unspecified atom stereocenters. The summed E-state index contributed by atoms with van der Waals surface area (Å²) < 4.78 is 0. The van der Waals surface area contributed by atoms with Crippen molar-refractivity contribution < 1.29 is 19.5 Å². The number of aliphatic hydroxyl groups excluding tert-OH is 1. The van der Waals surface area contributed by atoms with Gasteiger partial charge in [-0.1, -0.05) is 24.0 Å². The van der Waals surface area contributed by atoms with Crippen molar-refractivity contribution in [3.8, 4) is 23.7 Å². The van der Waals surface area contributed by atoms with Crippen LogP contribution in [0, 0.1) is 23.7 Å². The molecule has 1 atom stereocenters. The number of amides is 2. The molecule has 0 aromatic heterocycles. The van der Waals surface area contributed by atoms with E-state index in [-0.39, 0.29) is 19.0 Å². The van der Waals surface area contributed by atoms with Crippen LogP contribution in [0.25, 0.3) is 0 Å². The number of carbonyl (C=O) groups is 3. The molecule has 0 aliphatic heterocycles. The molecule has 8 heteroatoms. The number of anilines is 1. The van der Waals surface area contributed by atoms with E-state index in [1.54, 1.807) is 48.5 Å². The second-order valence-electron chi connectivity index (χ2n) is 6.26. The van der Waals surface area contributed by atoms with Gasteiger partial charge in [0.05, 0.1) is 12.2 Å². The Labute approximate surface area is 180 Å². The molecule has 8 nitrogen and oxygen atoms in total. The predicted molar refractivity (Wildman–Crippen MR) is 117 cm³/mol. The van der Waals surface area contributed by atoms with E-state index in [2.05, 4.69) is 34.3 Å². The second kappa shape index (κ2) is 11.9. The standard InChI is InChI=1S/C23H22N4O4/c24-13-20(21(29)15-28)27-23(31)18-11-9-16(10-12-18)5-1-2-6-17-7-3-4-8-19(17)26-22(30)14-25/h3-4,7-12,20,28H,13-15,24-25H2,(H,26,30)(H,27,31)/t20-/m0/s1. The second-order valence-corrected chi connectivity index (χ2v) is 6.26. The number of hydrogen-bond acceptors (Lipinski definition) is 6. The van der Waals surface area contributed by atoms with Gasteiger partial charge in [-0.15, -0.1) is 0 Å². The molecule has 158 valence electrons. The molecule has 2 amide bonds. The molecule has 0 radical (unpaired) electrons. The highest BCUT2D eigenvalue weighted by Gasteiger charge is 2.18. The molecule has 31 heavy (non-hydrogen) atoms. The quantitative estimate of drug-likeness (QED) is 0.387. The summed E-state index contributed by atoms with van der Waals surface area (Å²) in [5, 5.41) is 14.0. The summed E-state index contributed by atoms with van der Waals surface area (Å²) >= 11 is 0. The van der Waals surface area contributed by atoms with Crippen LogP contribution in [0.3, 0.4) is 0 Å². The number of para-hydroxylation sites is 1. The zero-order valence-electron chi connectivity index (χ0n) is 16.6. The lowest BCUT2D eigenvalue weighted by Crippen LogP contribution is -2.46. The molecule has 0 aliphatic carbocycles. The lowest BCUT2D eigenvalue weighted by Gasteiger charge is -2.14. The van der Waals surface area contributed by atoms with Crippen LogP contribution in [0.2, 0.25) is 0 Å². The minimum atomic E-state index is -0.940. The first kappa shape index (κ1) is 23.3. The first-order valence-electron chi connectivity index (χ1n) is 9.34. The minimum Gasteiger partial charge on any atom is -0.388 e. The van der Waals surface area contributed by atoms with Crippen molar-refractivity contribution in [3.63, 3.8) is 0 Å². The Hall–Kier alpha value is -3.95. The van der Waals surface area contributed by atoms with Crippen molar-refractivity contribution in [1.29, 1.82) is 0 Å². The number of aliphatic hydroxyl groups is 1. The fourth-order valence-corrected chi connectivity index (χ4v) is 2.43. The van der Waals surface area contributed by atoms with E-state index in [1.165, 1.54) is 0 Å². The van der Waals surface area contributed by atoms with Crippen molar-refractivity contribution in [2.24, 2.45) is 11.5 Å². The Balaban J connectivity index is 2.06. The maximum Gasteiger partial charge on any atom is 0.251 e. The van der Waals surface area contributed by atoms with Gasteiger partial charge < -0.3 is 27.2 Å². The number of ketones is 1. The third-order valence-electron chi connectivity index (χ3n) is 4.09. The van der Waals surface area contributed by atoms with Crippen LogP contribution in [0.5, 0.6) is 0 Å². The van der Waals surface area contributed by atoms with E-state index in [4.69, 9.17) is 16.6 Å². The summed E-state index contributed by atoms with van der Waals surface area (Å²) in [5.74, 6) is 9.83. The van der Waals surface area contributed by atoms with Gasteiger partial charge in [-0.25, -0.2) is 0 Å². The van der Waals surface area contributed by atoms with E-state index in [9.17, 15) is 14.4 Å². The molecule has 0 spiro atoms. The van der Waals surface area contributed by atoms with Crippen molar-refractivity contribution in [3.05, 3.63) is 65.2 Å². The normalized spacial score (nSPS) is 10.5. The summed E-state index contributed by atoms with van der Waals surface area (Å²) in [5.41, 5.74) is 12.9. The van der Waals surface area contributed by atoms with Crippen molar-refractivity contribution >= 4 is 23.3 Å². The molecule has 2 aromatic carbocycles. The first-order chi connectivity index (χ1) is 15.0. The monoisotopic (exact) mass is 418 g/mol. The van der Waals surface area contributed by atoms with Gasteiger partial charge in [0.1, 0.15) is 12.6 Å². The predicted octanol–water partition coefficient (Wildman–Crippen LogP) is -0.395. The smallest absolute Gasteiger partial charge is 0.251 e. The van der Waals surface area contributed by atoms with Crippen molar-refractivity contribution in [2.75, 3.05) is 25.0 Å². The summed E-state index contributed by atoms with van der Waals surface area (Å²) in [6, 6.07) is 12.5. The molecule has 0 aliphatic rings. The van der Waals surface area contributed by atoms with Crippen LogP contribution >= 0.6 is 0 Å². The van der Waals surface area contributed by atoms with Gasteiger partial charge in [-0.3, -0.25) is 14.4 Å². The molecule has 0 fully saturated rings. The van der Waals surface area contributed by atoms with E-state index in [0.29, 0.717) is 22.4 Å². The van der Waals surface area contributed by atoms with Crippen LogP contribution in [0.4, 0.5) is 5.69 Å². The summed E-state index contributed by atoms with van der Waals surface area (Å²) in [7, 11) is 0. The van der Waals surface area contributed by atoms with Gasteiger partial charge >= 0.3 is 0 Å². The molecular weight excluding hydrogens is 396 g/mol. The zero-order chi connectivity index (χ0) is 22.6. The number of carbonyl (C=O) groups excluding carboxylic acids is 3. The van der Waals surface area contributed by atoms with Crippen LogP contribution in [0.15, 0.2) is 48.5 Å². The van der Waals surface area contributed by atoms with Crippen molar-refractivity contribution in [1.82, 2.24) is 5.32 Å². The molecule has 0 heterocycles. The highest BCUT2D eigenvalue weighted by Crippen LogP contribution is 2.13. The summed E-state index contributed by atoms with van der Waals surface area (Å²) in [6.07, 6.45) is 0. The number of hydrogen-bond donors (Lipinski definition) is 5. The molecule has 2 aromatic rings. The SMILES string of the molecule is NCC(=O)Nc1ccccc1C#CC#Cc1ccc(C(=O)N[C@@H](CN)C(=O)CO)cc1. The van der Waals surface area contributed by atoms with Crippen LogP contribution in [0.1, 0.15) is 21.5 Å². The van der Waals surface area contributed by atoms with Crippen LogP contribution < -0.4 is 22.1 Å². The van der Waals surface area contributed by atoms with E-state index >= 15 is 0 Å². The van der Waals surface area contributed by atoms with E-state index < -0.39 is 24.3 Å². The molecule has 0 bridgehead atoms. The fraction of sp³-hybridized carbons (Fsp3) is 0.174. The summed E-state index contributed by atoms with van der Waals surface area (Å²) in [4.78, 5) is 35.2. The molecular formula is C23H22N4O4. The Bertz CT molecular complexity index is 1070. The van der Waals surface area contributed by atoms with Crippen molar-refractivity contribution in [2.45, 2.75) is 6.04 Å². The Morgan fingerprint density at radius 1 is 0.968 bits per heavy atom. The van der Waals surface area contributed by atoms with Crippen LogP contribution in [-0.2, 0) is 9.59 Å². The number of Topliss-reactive ketones (excluding diaryl/α,β-unsaturated/α-hetero) is 1. The maximum absolute atomic E-state index is 12.2. The fourth-order valence-electron chi connectivity index (χ4n) is 2.43. The van der Waals surface area contributed by atoms with Gasteiger partial charge in [0.2, 0.25) is 5.91 Å². The minimum absolute atomic E-state index is 0.105. The van der Waals surface area contributed by atoms with Gasteiger partial charge in [0.25, 0.3) is 5.91 Å². The molecule has 0 saturated carbocycles. The molecule has 0 saturated heterocycles. The largest absolute Gasteiger partial charge is 0.388 e. The third-order valence-corrected chi connectivity index (χ3v) is 4.09. The number of nitrogens with two attached hydrogens (primary N) is 2. The summed E-state index contributed by atoms with van der Waals surface area (Å²) in [6.45, 7) is -0.922. The Kier molecular flexibility index (Phi) is 8.96. The van der Waals surface area contributed by atoms with E-state index in [0.717, 1.165) is 0 Å². The zero-order valence-corrected chi connectivity index (χ0v) is 16.6. The number of benzene rings is 2. The Morgan fingerprint density at radius 3 is 2.29 bits per heavy atom. The number of rotatable bonds is 7. The maximum atomic E-state index is 12.2. The average molecular weight is 418 g/mol. The number of nitrogens with one attached hydrogen (secondary N) is 2. The lowest BCUT2D eigenvalue weighted by molar-refractivity contribution is -0.123. The third kappa shape index (κ3) is 7.11. The van der Waals surface area contributed by atoms with Gasteiger partial charge in [-0.2, -0.15) is 0 Å². The van der Waals surface area contributed by atoms with Gasteiger partial charge in [0, 0.05) is 23.2 Å². The highest BCUT2D eigenvalue weighted by molar-refractivity contribution is 5.98. The highest BCUT2D eigenvalue weighted by atomic mass is 16.3. The molecule has 2 rings (SSSR count). The Morgan fingerprint density at radius 2 is 1.65 bits per heavy atom. The first-order valence-corrected chi connectivity index (χ1v) is 9.34. The van der Waals surface area contributed by atoms with E-state index in [1.807, 2.05) is 0 Å². The van der Waals surface area contributed by atoms with Crippen LogP contribution in [-0.4, -0.2) is 48.4 Å². The van der Waals surface area contributed by atoms with Gasteiger partial charge in [0.15, 0.2) is 5.78 Å². The average Bonchev–Trinajstić information content (AvgIpc) is 2.80. The molecule has 7 N–H and O–H groups in total. The lowest BCUT2D eigenvalue weighted by atomic mass is 10.1.